The fourth-order valence-electron chi connectivity index (χ4n) is 2.07. The highest BCUT2D eigenvalue weighted by atomic mass is 19.3. The van der Waals surface area contributed by atoms with Gasteiger partial charge in [0, 0.05) is 25.6 Å². The molecule has 1 rings (SSSR count). The number of halogens is 2. The summed E-state index contributed by atoms with van der Waals surface area (Å²) in [4.78, 5) is 1.88. The highest BCUT2D eigenvalue weighted by molar-refractivity contribution is 4.83. The van der Waals surface area contributed by atoms with Gasteiger partial charge in [-0.2, -0.15) is 0 Å². The minimum Gasteiger partial charge on any atom is -0.317 e. The Bertz CT molecular complexity index is 179. The molecule has 1 saturated heterocycles. The monoisotopic (exact) mass is 206 g/mol. The SMILES string of the molecule is CNC1CCN(CC(C)(F)F)C(C)C1. The second kappa shape index (κ2) is 4.53. The van der Waals surface area contributed by atoms with Crippen molar-refractivity contribution in [2.75, 3.05) is 20.1 Å². The Kier molecular flexibility index (Phi) is 3.84. The van der Waals surface area contributed by atoms with E-state index >= 15 is 0 Å². The summed E-state index contributed by atoms with van der Waals surface area (Å²) in [5.41, 5.74) is 0. The molecule has 2 atom stereocenters. The number of hydrogen-bond acceptors (Lipinski definition) is 2. The van der Waals surface area contributed by atoms with Crippen molar-refractivity contribution < 1.29 is 8.78 Å². The van der Waals surface area contributed by atoms with Gasteiger partial charge in [0.25, 0.3) is 5.92 Å². The van der Waals surface area contributed by atoms with Gasteiger partial charge in [-0.3, -0.25) is 4.90 Å². The third-order valence-electron chi connectivity index (χ3n) is 2.90. The zero-order chi connectivity index (χ0) is 10.8. The third kappa shape index (κ3) is 3.50. The Morgan fingerprint density at radius 1 is 1.50 bits per heavy atom. The van der Waals surface area contributed by atoms with Crippen LogP contribution in [0.25, 0.3) is 0 Å². The largest absolute Gasteiger partial charge is 0.317 e. The van der Waals surface area contributed by atoms with Crippen LogP contribution in [0.4, 0.5) is 8.78 Å². The zero-order valence-electron chi connectivity index (χ0n) is 9.19. The molecule has 1 N–H and O–H groups in total. The maximum atomic E-state index is 12.8. The Labute approximate surface area is 84.7 Å². The molecule has 0 aromatic rings. The molecule has 0 saturated carbocycles. The van der Waals surface area contributed by atoms with Gasteiger partial charge in [0.05, 0.1) is 6.54 Å². The number of nitrogens with one attached hydrogen (secondary N) is 1. The molecule has 84 valence electrons. The standard InChI is InChI=1S/C10H20F2N2/c1-8-6-9(13-3)4-5-14(8)7-10(2,11)12/h8-9,13H,4-7H2,1-3H3. The van der Waals surface area contributed by atoms with Crippen LogP contribution < -0.4 is 5.32 Å². The van der Waals surface area contributed by atoms with E-state index in [1.54, 1.807) is 0 Å². The molecule has 1 fully saturated rings. The molecular formula is C10H20F2N2. The fourth-order valence-corrected chi connectivity index (χ4v) is 2.07. The van der Waals surface area contributed by atoms with Crippen molar-refractivity contribution in [2.45, 2.75) is 44.7 Å². The Morgan fingerprint density at radius 2 is 2.14 bits per heavy atom. The highest BCUT2D eigenvalue weighted by Crippen LogP contribution is 2.22. The van der Waals surface area contributed by atoms with Crippen LogP contribution in [0.1, 0.15) is 26.7 Å². The van der Waals surface area contributed by atoms with Gasteiger partial charge in [-0.1, -0.05) is 0 Å². The molecule has 1 heterocycles. The summed E-state index contributed by atoms with van der Waals surface area (Å²) in [5.74, 6) is -2.57. The van der Waals surface area contributed by atoms with Gasteiger partial charge >= 0.3 is 0 Å². The average Bonchev–Trinajstić information content (AvgIpc) is 2.06. The van der Waals surface area contributed by atoms with E-state index in [0.29, 0.717) is 6.04 Å². The summed E-state index contributed by atoms with van der Waals surface area (Å²) in [7, 11) is 1.93. The lowest BCUT2D eigenvalue weighted by Crippen LogP contribution is -2.49. The lowest BCUT2D eigenvalue weighted by molar-refractivity contribution is -0.0334. The van der Waals surface area contributed by atoms with E-state index in [0.717, 1.165) is 26.3 Å². The van der Waals surface area contributed by atoms with Crippen LogP contribution in [0.15, 0.2) is 0 Å². The van der Waals surface area contributed by atoms with Gasteiger partial charge in [0.1, 0.15) is 0 Å². The molecule has 0 amide bonds. The van der Waals surface area contributed by atoms with E-state index in [9.17, 15) is 8.78 Å². The first-order valence-electron chi connectivity index (χ1n) is 5.21. The molecule has 1 aliphatic heterocycles. The van der Waals surface area contributed by atoms with Crippen molar-refractivity contribution in [1.29, 1.82) is 0 Å². The van der Waals surface area contributed by atoms with E-state index < -0.39 is 5.92 Å². The molecule has 2 nitrogen and oxygen atoms in total. The van der Waals surface area contributed by atoms with Gasteiger partial charge in [0.2, 0.25) is 0 Å². The van der Waals surface area contributed by atoms with Crippen LogP contribution in [0.3, 0.4) is 0 Å². The summed E-state index contributed by atoms with van der Waals surface area (Å²) in [6, 6.07) is 0.749. The number of alkyl halides is 2. The molecule has 1 aliphatic rings. The molecule has 0 aromatic heterocycles. The first-order chi connectivity index (χ1) is 6.42. The molecule has 0 bridgehead atoms. The van der Waals surface area contributed by atoms with Crippen molar-refractivity contribution >= 4 is 0 Å². The summed E-state index contributed by atoms with van der Waals surface area (Å²) >= 11 is 0. The van der Waals surface area contributed by atoms with Crippen LogP contribution in [-0.4, -0.2) is 43.0 Å². The summed E-state index contributed by atoms with van der Waals surface area (Å²) in [6.45, 7) is 3.68. The number of hydrogen-bond donors (Lipinski definition) is 1. The van der Waals surface area contributed by atoms with Gasteiger partial charge < -0.3 is 5.32 Å². The fraction of sp³-hybridized carbons (Fsp3) is 1.00. The first-order valence-corrected chi connectivity index (χ1v) is 5.21. The number of piperidine rings is 1. The third-order valence-corrected chi connectivity index (χ3v) is 2.90. The van der Waals surface area contributed by atoms with Crippen LogP contribution in [0.2, 0.25) is 0 Å². The average molecular weight is 206 g/mol. The smallest absolute Gasteiger partial charge is 0.257 e. The predicted molar refractivity (Wildman–Crippen MR) is 53.7 cm³/mol. The molecule has 0 spiro atoms. The summed E-state index contributed by atoms with van der Waals surface area (Å²) in [5, 5.41) is 3.20. The van der Waals surface area contributed by atoms with E-state index in [4.69, 9.17) is 0 Å². The zero-order valence-corrected chi connectivity index (χ0v) is 9.19. The van der Waals surface area contributed by atoms with Crippen molar-refractivity contribution in [3.05, 3.63) is 0 Å². The van der Waals surface area contributed by atoms with Crippen LogP contribution in [-0.2, 0) is 0 Å². The lowest BCUT2D eigenvalue weighted by Gasteiger charge is -2.38. The molecule has 0 aromatic carbocycles. The number of likely N-dealkylation sites (tertiary alicyclic amines) is 1. The van der Waals surface area contributed by atoms with Crippen LogP contribution in [0, 0.1) is 0 Å². The molecule has 0 aliphatic carbocycles. The molecule has 14 heavy (non-hydrogen) atoms. The quantitative estimate of drug-likeness (QED) is 0.756. The Balaban J connectivity index is 2.42. The van der Waals surface area contributed by atoms with Gasteiger partial charge in [0.15, 0.2) is 0 Å². The maximum absolute atomic E-state index is 12.8. The maximum Gasteiger partial charge on any atom is 0.257 e. The molecule has 0 radical (unpaired) electrons. The molecule has 2 unspecified atom stereocenters. The summed E-state index contributed by atoms with van der Waals surface area (Å²) in [6.07, 6.45) is 1.93. The first kappa shape index (κ1) is 11.9. The van der Waals surface area contributed by atoms with Crippen molar-refractivity contribution in [1.82, 2.24) is 10.2 Å². The summed E-state index contributed by atoms with van der Waals surface area (Å²) < 4.78 is 25.6. The minimum absolute atomic E-state index is 0.107. The Hall–Kier alpha value is -0.220. The minimum atomic E-state index is -2.57. The predicted octanol–water partition coefficient (Wildman–Crippen LogP) is 1.71. The Morgan fingerprint density at radius 3 is 2.57 bits per heavy atom. The van der Waals surface area contributed by atoms with E-state index in [1.807, 2.05) is 18.9 Å². The number of rotatable bonds is 3. The normalized spacial score (nSPS) is 30.6. The van der Waals surface area contributed by atoms with Gasteiger partial charge in [-0.05, 0) is 26.8 Å². The van der Waals surface area contributed by atoms with E-state index in [-0.39, 0.29) is 12.6 Å². The topological polar surface area (TPSA) is 15.3 Å². The van der Waals surface area contributed by atoms with Gasteiger partial charge in [-0.25, -0.2) is 8.78 Å². The van der Waals surface area contributed by atoms with Crippen molar-refractivity contribution in [3.63, 3.8) is 0 Å². The van der Waals surface area contributed by atoms with Crippen LogP contribution >= 0.6 is 0 Å². The lowest BCUT2D eigenvalue weighted by atomic mass is 9.98. The van der Waals surface area contributed by atoms with Gasteiger partial charge in [-0.15, -0.1) is 0 Å². The van der Waals surface area contributed by atoms with Crippen molar-refractivity contribution in [2.24, 2.45) is 0 Å². The molecule has 4 heteroatoms. The number of nitrogens with zero attached hydrogens (tertiary/aromatic N) is 1. The second-order valence-corrected chi connectivity index (χ2v) is 4.40. The second-order valence-electron chi connectivity index (χ2n) is 4.40. The van der Waals surface area contributed by atoms with Crippen LogP contribution in [0.5, 0.6) is 0 Å². The van der Waals surface area contributed by atoms with Crippen molar-refractivity contribution in [3.8, 4) is 0 Å². The van der Waals surface area contributed by atoms with E-state index in [2.05, 4.69) is 5.32 Å². The molecular weight excluding hydrogens is 186 g/mol. The highest BCUT2D eigenvalue weighted by Gasteiger charge is 2.31. The van der Waals surface area contributed by atoms with E-state index in [1.165, 1.54) is 0 Å².